The fraction of sp³-hybridized carbons (Fsp3) is 0.300. The lowest BCUT2D eigenvalue weighted by atomic mass is 10.00. The second kappa shape index (κ2) is 12.4. The number of benzene rings is 2. The zero-order valence-electron chi connectivity index (χ0n) is 22.1. The van der Waals surface area contributed by atoms with E-state index in [1.54, 1.807) is 49.2 Å². The van der Waals surface area contributed by atoms with Crippen LogP contribution in [0.1, 0.15) is 35.3 Å². The van der Waals surface area contributed by atoms with E-state index in [4.69, 9.17) is 4.74 Å². The normalized spacial score (nSPS) is 17.5. The molecule has 1 aromatic heterocycles. The largest absolute Gasteiger partial charge is 0.472 e. The number of carbonyl (C=O) groups is 2. The minimum Gasteiger partial charge on any atom is -0.472 e. The number of aliphatic hydroxyl groups is 1. The van der Waals surface area contributed by atoms with Gasteiger partial charge in [0.05, 0.1) is 19.2 Å². The average molecular weight is 531 g/mol. The molecule has 0 bridgehead atoms. The molecule has 2 heterocycles. The summed E-state index contributed by atoms with van der Waals surface area (Å²) in [5.41, 5.74) is 1.99. The first kappa shape index (κ1) is 27.6. The van der Waals surface area contributed by atoms with Crippen molar-refractivity contribution in [2.45, 2.75) is 26.0 Å². The zero-order valence-corrected chi connectivity index (χ0v) is 22.1. The molecule has 8 nitrogen and oxygen atoms in total. The van der Waals surface area contributed by atoms with Gasteiger partial charge in [-0.3, -0.25) is 4.79 Å². The van der Waals surface area contributed by atoms with Crippen LogP contribution in [0.3, 0.4) is 0 Å². The second-order valence-electron chi connectivity index (χ2n) is 9.63. The van der Waals surface area contributed by atoms with Gasteiger partial charge in [0.15, 0.2) is 0 Å². The van der Waals surface area contributed by atoms with Crippen LogP contribution >= 0.6 is 0 Å². The molecule has 1 aliphatic heterocycles. The van der Waals surface area contributed by atoms with Crippen molar-refractivity contribution in [1.82, 2.24) is 14.8 Å². The number of ether oxygens (including phenoxy) is 1. The third-order valence-electron chi connectivity index (χ3n) is 6.54. The van der Waals surface area contributed by atoms with Gasteiger partial charge in [0, 0.05) is 42.5 Å². The molecule has 1 aliphatic rings. The Bertz CT molecular complexity index is 1370. The number of anilines is 1. The number of carbonyl (C=O) groups excluding carboxylic acids is 2. The van der Waals surface area contributed by atoms with Crippen molar-refractivity contribution in [3.63, 3.8) is 0 Å². The maximum atomic E-state index is 13.6. The Hall–Kier alpha value is -4.42. The van der Waals surface area contributed by atoms with E-state index in [1.165, 1.54) is 23.2 Å². The summed E-state index contributed by atoms with van der Waals surface area (Å²) < 4.78 is 19.5. The number of fused-ring (bicyclic) bond motifs is 1. The third-order valence-corrected chi connectivity index (χ3v) is 6.54. The topological polar surface area (TPSA) is 95.0 Å². The Morgan fingerprint density at radius 3 is 2.59 bits per heavy atom. The first-order chi connectivity index (χ1) is 18.7. The highest BCUT2D eigenvalue weighted by molar-refractivity contribution is 5.97. The lowest BCUT2D eigenvalue weighted by molar-refractivity contribution is 0.0356. The molecule has 2 N–H and O–H groups in total. The quantitative estimate of drug-likeness (QED) is 0.487. The highest BCUT2D eigenvalue weighted by Gasteiger charge is 2.34. The fourth-order valence-corrected chi connectivity index (χ4v) is 4.16. The van der Waals surface area contributed by atoms with Crippen molar-refractivity contribution in [3.05, 3.63) is 89.4 Å². The van der Waals surface area contributed by atoms with Crippen LogP contribution in [-0.4, -0.2) is 70.7 Å². The molecule has 9 heteroatoms. The molecule has 0 aliphatic carbocycles. The molecule has 39 heavy (non-hydrogen) atoms. The number of likely N-dealkylation sites (N-methyl/N-ethyl adjacent to an activating group) is 1. The lowest BCUT2D eigenvalue weighted by Crippen LogP contribution is -2.50. The second-order valence-corrected chi connectivity index (χ2v) is 9.63. The van der Waals surface area contributed by atoms with Crippen LogP contribution in [0.4, 0.5) is 14.9 Å². The van der Waals surface area contributed by atoms with E-state index in [0.29, 0.717) is 23.4 Å². The number of halogens is 1. The summed E-state index contributed by atoms with van der Waals surface area (Å²) in [4.78, 5) is 33.9. The number of rotatable bonds is 5. The summed E-state index contributed by atoms with van der Waals surface area (Å²) >= 11 is 0. The number of para-hydroxylation sites is 1. The molecule has 0 unspecified atom stereocenters. The molecule has 3 atom stereocenters. The van der Waals surface area contributed by atoms with Gasteiger partial charge in [-0.25, -0.2) is 14.2 Å². The average Bonchev–Trinajstić information content (AvgIpc) is 2.94. The van der Waals surface area contributed by atoms with Gasteiger partial charge in [-0.2, -0.15) is 0 Å². The van der Waals surface area contributed by atoms with E-state index in [0.717, 1.165) is 0 Å². The van der Waals surface area contributed by atoms with E-state index < -0.39 is 12.1 Å². The molecule has 4 rings (SSSR count). The molecule has 2 aromatic carbocycles. The highest BCUT2D eigenvalue weighted by atomic mass is 19.1. The summed E-state index contributed by atoms with van der Waals surface area (Å²) in [6.07, 6.45) is 1.03. The monoisotopic (exact) mass is 530 g/mol. The molecule has 0 saturated heterocycles. The van der Waals surface area contributed by atoms with Gasteiger partial charge >= 0.3 is 6.03 Å². The Morgan fingerprint density at radius 2 is 1.90 bits per heavy atom. The van der Waals surface area contributed by atoms with Crippen LogP contribution in [0.5, 0.6) is 5.88 Å². The number of amides is 3. The van der Waals surface area contributed by atoms with Crippen molar-refractivity contribution in [2.75, 3.05) is 32.1 Å². The van der Waals surface area contributed by atoms with Crippen LogP contribution in [-0.2, 0) is 0 Å². The Kier molecular flexibility index (Phi) is 8.79. The van der Waals surface area contributed by atoms with Crippen LogP contribution in [0.25, 0.3) is 0 Å². The molecule has 0 spiro atoms. The number of pyridine rings is 1. The van der Waals surface area contributed by atoms with Crippen LogP contribution in [0.2, 0.25) is 0 Å². The van der Waals surface area contributed by atoms with E-state index in [9.17, 15) is 19.1 Å². The number of hydrogen-bond donors (Lipinski definition) is 2. The SMILES string of the molecule is C[C@H](CO)N1C[C@H](C)[C@H](CN(C)C(=O)Nc2ccccc2)Oc2ncc(C#Cc3ccc(F)cc3)cc2C1=O. The number of nitrogens with one attached hydrogen (secondary N) is 1. The molecule has 0 saturated carbocycles. The predicted molar refractivity (Wildman–Crippen MR) is 146 cm³/mol. The summed E-state index contributed by atoms with van der Waals surface area (Å²) in [6, 6.07) is 15.8. The summed E-state index contributed by atoms with van der Waals surface area (Å²) in [7, 11) is 1.68. The predicted octanol–water partition coefficient (Wildman–Crippen LogP) is 4.00. The molecule has 3 aromatic rings. The number of hydrogen-bond acceptors (Lipinski definition) is 5. The van der Waals surface area contributed by atoms with Crippen LogP contribution < -0.4 is 10.1 Å². The van der Waals surface area contributed by atoms with Crippen LogP contribution in [0.15, 0.2) is 66.9 Å². The van der Waals surface area contributed by atoms with Gasteiger partial charge < -0.3 is 25.0 Å². The van der Waals surface area contributed by atoms with Crippen molar-refractivity contribution < 1.29 is 23.8 Å². The minimum absolute atomic E-state index is 0.135. The highest BCUT2D eigenvalue weighted by Crippen LogP contribution is 2.27. The summed E-state index contributed by atoms with van der Waals surface area (Å²) in [5, 5.41) is 12.7. The maximum Gasteiger partial charge on any atom is 0.321 e. The standard InChI is InChI=1S/C30H31FN4O4/c1-20-17-35(21(2)19-36)29(37)26-15-23(10-9-22-11-13-24(31)14-12-22)16-32-28(26)39-27(20)18-34(3)30(38)33-25-7-5-4-6-8-25/h4-8,11-16,20-21,27,36H,17-19H2,1-3H3,(H,33,38)/t20-,21+,27-/m0/s1. The molecular weight excluding hydrogens is 499 g/mol. The Morgan fingerprint density at radius 1 is 1.21 bits per heavy atom. The first-order valence-corrected chi connectivity index (χ1v) is 12.7. The molecule has 202 valence electrons. The zero-order chi connectivity index (χ0) is 27.9. The van der Waals surface area contributed by atoms with Crippen LogP contribution in [0, 0.1) is 23.6 Å². The molecular formula is C30H31FN4O4. The molecule has 3 amide bonds. The van der Waals surface area contributed by atoms with Gasteiger partial charge in [0.2, 0.25) is 5.88 Å². The Labute approximate surface area is 227 Å². The maximum absolute atomic E-state index is 13.6. The molecule has 0 radical (unpaired) electrons. The van der Waals surface area contributed by atoms with Crippen molar-refractivity contribution in [3.8, 4) is 17.7 Å². The lowest BCUT2D eigenvalue weighted by Gasteiger charge is -2.37. The van der Waals surface area contributed by atoms with Gasteiger partial charge in [-0.15, -0.1) is 0 Å². The Balaban J connectivity index is 1.61. The molecule has 0 fully saturated rings. The van der Waals surface area contributed by atoms with E-state index in [-0.39, 0.29) is 48.3 Å². The van der Waals surface area contributed by atoms with Gasteiger partial charge in [0.25, 0.3) is 5.91 Å². The van der Waals surface area contributed by atoms with Crippen molar-refractivity contribution >= 4 is 17.6 Å². The van der Waals surface area contributed by atoms with E-state index in [2.05, 4.69) is 22.1 Å². The van der Waals surface area contributed by atoms with Gasteiger partial charge in [-0.05, 0) is 49.4 Å². The number of aromatic nitrogens is 1. The summed E-state index contributed by atoms with van der Waals surface area (Å²) in [6.45, 7) is 4.04. The van der Waals surface area contributed by atoms with Crippen molar-refractivity contribution in [2.24, 2.45) is 5.92 Å². The smallest absolute Gasteiger partial charge is 0.321 e. The number of urea groups is 1. The minimum atomic E-state index is -0.486. The first-order valence-electron chi connectivity index (χ1n) is 12.7. The number of nitrogens with zero attached hydrogens (tertiary/aromatic N) is 3. The summed E-state index contributed by atoms with van der Waals surface area (Å²) in [5.74, 6) is 5.18. The van der Waals surface area contributed by atoms with E-state index in [1.807, 2.05) is 25.1 Å². The van der Waals surface area contributed by atoms with E-state index >= 15 is 0 Å². The van der Waals surface area contributed by atoms with Gasteiger partial charge in [0.1, 0.15) is 17.5 Å². The van der Waals surface area contributed by atoms with Gasteiger partial charge in [-0.1, -0.05) is 37.0 Å². The third kappa shape index (κ3) is 6.92. The fourth-order valence-electron chi connectivity index (χ4n) is 4.16. The van der Waals surface area contributed by atoms with Crippen molar-refractivity contribution in [1.29, 1.82) is 0 Å². The number of aliphatic hydroxyl groups excluding tert-OH is 1.